The third-order valence-electron chi connectivity index (χ3n) is 0.375. The third kappa shape index (κ3) is 8.88. The van der Waals surface area contributed by atoms with E-state index in [1.165, 1.54) is 6.42 Å². The normalized spacial score (nSPS) is 6.67. The van der Waals surface area contributed by atoms with E-state index < -0.39 is 0 Å². The van der Waals surface area contributed by atoms with E-state index >= 15 is 0 Å². The Morgan fingerprint density at radius 3 is 2.17 bits per heavy atom. The van der Waals surface area contributed by atoms with Crippen molar-refractivity contribution in [1.29, 1.82) is 0 Å². The van der Waals surface area contributed by atoms with Crippen LogP contribution in [0.2, 0.25) is 0 Å². The molecule has 0 aromatic rings. The van der Waals surface area contributed by atoms with Crippen LogP contribution in [0, 0.1) is 0 Å². The average molecular weight is 142 g/mol. The van der Waals surface area contributed by atoms with Gasteiger partial charge in [-0.2, -0.15) is 0 Å². The second kappa shape index (κ2) is 9.35. The van der Waals surface area contributed by atoms with Crippen molar-refractivity contribution < 1.29 is 20.7 Å². The van der Waals surface area contributed by atoms with Crippen molar-refractivity contribution in [3.8, 4) is 0 Å². The van der Waals surface area contributed by atoms with Crippen LogP contribution in [0.25, 0.3) is 0 Å². The van der Waals surface area contributed by atoms with Gasteiger partial charge in [-0.05, 0) is 0 Å². The molecule has 0 rings (SSSR count). The third-order valence-corrected chi connectivity index (χ3v) is 0.765. The fourth-order valence-corrected chi connectivity index (χ4v) is 0.515. The molecule has 3 heteroatoms. The molecular formula is C3H9ClNTi. The molecule has 0 aromatic heterocycles. The first-order valence-electron chi connectivity index (χ1n) is 1.81. The molecule has 0 aliphatic rings. The minimum atomic E-state index is 0. The van der Waals surface area contributed by atoms with Gasteiger partial charge in [-0.3, -0.25) is 0 Å². The van der Waals surface area contributed by atoms with Crippen LogP contribution in [0.3, 0.4) is 0 Å². The fraction of sp³-hybridized carbons (Fsp3) is 1.00. The predicted molar refractivity (Wildman–Crippen MR) is 25.5 cm³/mol. The van der Waals surface area contributed by atoms with E-state index in [2.05, 4.69) is 10.7 Å². The van der Waals surface area contributed by atoms with Crippen molar-refractivity contribution in [2.45, 2.75) is 13.3 Å². The average Bonchev–Trinajstić information content (AvgIpc) is 1.41. The monoisotopic (exact) mass is 142 g/mol. The van der Waals surface area contributed by atoms with E-state index in [9.17, 15) is 0 Å². The quantitative estimate of drug-likeness (QED) is 0.564. The minimum Gasteiger partial charge on any atom is -0.147 e. The molecule has 0 amide bonds. The minimum absolute atomic E-state index is 0. The first-order valence-corrected chi connectivity index (χ1v) is 2.59. The van der Waals surface area contributed by atoms with Crippen molar-refractivity contribution >= 4 is 12.4 Å². The van der Waals surface area contributed by atoms with Gasteiger partial charge in [-0.25, -0.2) is 0 Å². The van der Waals surface area contributed by atoms with E-state index in [4.69, 9.17) is 0 Å². The topological polar surface area (TPSA) is 12.0 Å². The molecule has 0 heterocycles. The molecule has 1 N–H and O–H groups in total. The predicted octanol–water partition coefficient (Wildman–Crippen LogP) is 0.870. The van der Waals surface area contributed by atoms with Crippen molar-refractivity contribution in [2.75, 3.05) is 6.54 Å². The van der Waals surface area contributed by atoms with Crippen molar-refractivity contribution in [3.05, 3.63) is 0 Å². The van der Waals surface area contributed by atoms with E-state index in [1.807, 2.05) is 20.7 Å². The first-order chi connectivity index (χ1) is 2.41. The van der Waals surface area contributed by atoms with Gasteiger partial charge >= 0.3 is 44.4 Å². The summed E-state index contributed by atoms with van der Waals surface area (Å²) in [5, 5.41) is 0. The number of hydrogen-bond acceptors (Lipinski definition) is 1. The Kier molecular flexibility index (Phi) is 15.7. The smallest absolute Gasteiger partial charge is 0.147 e. The van der Waals surface area contributed by atoms with Gasteiger partial charge in [-0.1, -0.05) is 0 Å². The van der Waals surface area contributed by atoms with Crippen LogP contribution in [0.1, 0.15) is 13.3 Å². The zero-order chi connectivity index (χ0) is 4.12. The summed E-state index contributed by atoms with van der Waals surface area (Å²) in [5.41, 5.74) is 0. The maximum Gasteiger partial charge on any atom is -0.147 e. The Balaban J connectivity index is 0. The van der Waals surface area contributed by atoms with E-state index in [0.717, 1.165) is 6.54 Å². The Labute approximate surface area is 57.0 Å². The molecule has 0 aliphatic heterocycles. The molecule has 0 aliphatic carbocycles. The van der Waals surface area contributed by atoms with Gasteiger partial charge in [0.05, 0.1) is 0 Å². The molecule has 1 nitrogen and oxygen atoms in total. The first kappa shape index (κ1) is 10.1. The molecule has 0 saturated carbocycles. The van der Waals surface area contributed by atoms with Crippen LogP contribution in [-0.2, 0) is 20.7 Å². The second-order valence-electron chi connectivity index (χ2n) is 0.927. The summed E-state index contributed by atoms with van der Waals surface area (Å²) in [6.07, 6.45) is 1.23. The molecule has 0 saturated heterocycles. The van der Waals surface area contributed by atoms with Gasteiger partial charge in [0.25, 0.3) is 0 Å². The van der Waals surface area contributed by atoms with Crippen molar-refractivity contribution in [2.24, 2.45) is 0 Å². The summed E-state index contributed by atoms with van der Waals surface area (Å²) in [6, 6.07) is 0. The Bertz CT molecular complexity index is 18.3. The Hall–Kier alpha value is 0.964. The van der Waals surface area contributed by atoms with Crippen molar-refractivity contribution in [3.63, 3.8) is 0 Å². The summed E-state index contributed by atoms with van der Waals surface area (Å²) in [5.74, 6) is 0. The fourth-order valence-electron chi connectivity index (χ4n) is 0.125. The summed E-state index contributed by atoms with van der Waals surface area (Å²) in [6.45, 7) is 3.29. The largest absolute Gasteiger partial charge is 0.147 e. The molecule has 0 unspecified atom stereocenters. The zero-order valence-electron chi connectivity index (χ0n) is 3.82. The molecule has 0 aromatic carbocycles. The van der Waals surface area contributed by atoms with Crippen LogP contribution < -0.4 is 3.80 Å². The van der Waals surface area contributed by atoms with Crippen LogP contribution in [0.4, 0.5) is 0 Å². The van der Waals surface area contributed by atoms with Crippen LogP contribution in [0.15, 0.2) is 0 Å². The van der Waals surface area contributed by atoms with Gasteiger partial charge < -0.3 is 0 Å². The number of rotatable bonds is 2. The molecule has 0 atom stereocenters. The van der Waals surface area contributed by atoms with Gasteiger partial charge in [0.2, 0.25) is 0 Å². The second-order valence-corrected chi connectivity index (χ2v) is 1.48. The molecule has 0 fully saturated rings. The molecular weight excluding hydrogens is 133 g/mol. The summed E-state index contributed by atoms with van der Waals surface area (Å²) in [4.78, 5) is 0. The maximum atomic E-state index is 3.02. The molecule has 6 heavy (non-hydrogen) atoms. The number of halogens is 1. The van der Waals surface area contributed by atoms with E-state index in [-0.39, 0.29) is 12.4 Å². The van der Waals surface area contributed by atoms with Gasteiger partial charge in [0, 0.05) is 0 Å². The summed E-state index contributed by atoms with van der Waals surface area (Å²) >= 11 is 1.96. The summed E-state index contributed by atoms with van der Waals surface area (Å²) in [7, 11) is 0. The number of hydrogen-bond donors (Lipinski definition) is 1. The molecule has 37 valence electrons. The van der Waals surface area contributed by atoms with Crippen LogP contribution in [0.5, 0.6) is 0 Å². The molecule has 0 radical (unpaired) electrons. The van der Waals surface area contributed by atoms with Gasteiger partial charge in [-0.15, -0.1) is 12.4 Å². The summed E-state index contributed by atoms with van der Waals surface area (Å²) < 4.78 is 3.02. The van der Waals surface area contributed by atoms with Gasteiger partial charge in [0.15, 0.2) is 0 Å². The Morgan fingerprint density at radius 2 is 2.17 bits per heavy atom. The zero-order valence-corrected chi connectivity index (χ0v) is 6.20. The van der Waals surface area contributed by atoms with Gasteiger partial charge in [0.1, 0.15) is 0 Å². The maximum absolute atomic E-state index is 3.02. The molecule has 0 spiro atoms. The standard InChI is InChI=1S/C3H8N.ClH.Ti/c1-2-3-4;;/h4H,2-3H2,1H3;1H;/q-1;;+1. The Morgan fingerprint density at radius 1 is 1.67 bits per heavy atom. The van der Waals surface area contributed by atoms with Crippen LogP contribution in [-0.4, -0.2) is 6.54 Å². The van der Waals surface area contributed by atoms with Crippen molar-refractivity contribution in [1.82, 2.24) is 3.80 Å². The van der Waals surface area contributed by atoms with E-state index in [0.29, 0.717) is 0 Å². The number of nitrogens with one attached hydrogen (secondary N) is 1. The SMILES string of the molecule is CCC[NH][Ti].Cl. The van der Waals surface area contributed by atoms with Crippen LogP contribution >= 0.6 is 12.4 Å². The molecule has 0 bridgehead atoms. The van der Waals surface area contributed by atoms with E-state index in [1.54, 1.807) is 0 Å².